The molecule has 72 valence electrons. The summed E-state index contributed by atoms with van der Waals surface area (Å²) >= 11 is 3.37. The Bertz CT molecular complexity index is 246. The van der Waals surface area contributed by atoms with Gasteiger partial charge in [-0.2, -0.15) is 0 Å². The molecule has 1 atom stereocenters. The first-order valence-electron chi connectivity index (χ1n) is 4.36. The fourth-order valence-corrected chi connectivity index (χ4v) is 1.26. The topological polar surface area (TPSA) is 32.3 Å². The molecule has 0 radical (unpaired) electrons. The van der Waals surface area contributed by atoms with E-state index in [1.54, 1.807) is 6.92 Å². The highest BCUT2D eigenvalue weighted by atomic mass is 79.9. The lowest BCUT2D eigenvalue weighted by Gasteiger charge is -2.07. The van der Waals surface area contributed by atoms with Gasteiger partial charge in [0.1, 0.15) is 0 Å². The highest BCUT2D eigenvalue weighted by Crippen LogP contribution is 2.13. The summed E-state index contributed by atoms with van der Waals surface area (Å²) in [5, 5.41) is 12.2. The van der Waals surface area contributed by atoms with Gasteiger partial charge in [0.05, 0.1) is 6.10 Å². The zero-order chi connectivity index (χ0) is 9.68. The van der Waals surface area contributed by atoms with Crippen molar-refractivity contribution in [2.75, 3.05) is 11.9 Å². The minimum atomic E-state index is -0.233. The number of rotatable bonds is 4. The van der Waals surface area contributed by atoms with Gasteiger partial charge in [-0.1, -0.05) is 15.9 Å². The molecule has 0 aromatic heterocycles. The summed E-state index contributed by atoms with van der Waals surface area (Å²) in [5.41, 5.74) is 1.09. The van der Waals surface area contributed by atoms with E-state index in [9.17, 15) is 0 Å². The second-order valence-corrected chi connectivity index (χ2v) is 3.99. The summed E-state index contributed by atoms with van der Waals surface area (Å²) in [6, 6.07) is 7.99. The van der Waals surface area contributed by atoms with Gasteiger partial charge < -0.3 is 10.4 Å². The third-order valence-corrected chi connectivity index (χ3v) is 2.26. The van der Waals surface area contributed by atoms with Gasteiger partial charge in [0.25, 0.3) is 0 Å². The summed E-state index contributed by atoms with van der Waals surface area (Å²) < 4.78 is 1.08. The molecule has 2 nitrogen and oxygen atoms in total. The van der Waals surface area contributed by atoms with Crippen LogP contribution in [0.1, 0.15) is 13.3 Å². The van der Waals surface area contributed by atoms with E-state index in [-0.39, 0.29) is 6.10 Å². The maximum Gasteiger partial charge on any atom is 0.0528 e. The predicted molar refractivity (Wildman–Crippen MR) is 58.9 cm³/mol. The van der Waals surface area contributed by atoms with Gasteiger partial charge >= 0.3 is 0 Å². The Labute approximate surface area is 87.1 Å². The molecule has 0 aliphatic rings. The molecule has 0 fully saturated rings. The van der Waals surface area contributed by atoms with Crippen LogP contribution in [0.15, 0.2) is 28.7 Å². The van der Waals surface area contributed by atoms with E-state index in [2.05, 4.69) is 21.2 Å². The van der Waals surface area contributed by atoms with Gasteiger partial charge in [-0.05, 0) is 37.6 Å². The highest BCUT2D eigenvalue weighted by molar-refractivity contribution is 9.10. The van der Waals surface area contributed by atoms with Gasteiger partial charge in [0.15, 0.2) is 0 Å². The number of anilines is 1. The van der Waals surface area contributed by atoms with Gasteiger partial charge in [-0.3, -0.25) is 0 Å². The Hall–Kier alpha value is -0.540. The number of benzene rings is 1. The molecule has 13 heavy (non-hydrogen) atoms. The smallest absolute Gasteiger partial charge is 0.0528 e. The Balaban J connectivity index is 2.33. The van der Waals surface area contributed by atoms with Crippen LogP contribution in [0.3, 0.4) is 0 Å². The number of nitrogens with one attached hydrogen (secondary N) is 1. The van der Waals surface area contributed by atoms with E-state index < -0.39 is 0 Å². The third kappa shape index (κ3) is 4.29. The van der Waals surface area contributed by atoms with Crippen molar-refractivity contribution in [2.45, 2.75) is 19.4 Å². The van der Waals surface area contributed by atoms with E-state index in [1.165, 1.54) is 0 Å². The largest absolute Gasteiger partial charge is 0.393 e. The lowest BCUT2D eigenvalue weighted by atomic mass is 10.2. The van der Waals surface area contributed by atoms with Crippen LogP contribution >= 0.6 is 15.9 Å². The van der Waals surface area contributed by atoms with E-state index in [4.69, 9.17) is 5.11 Å². The first-order valence-corrected chi connectivity index (χ1v) is 5.15. The zero-order valence-corrected chi connectivity index (χ0v) is 9.21. The number of halogens is 1. The number of hydrogen-bond acceptors (Lipinski definition) is 2. The molecule has 0 saturated carbocycles. The average molecular weight is 244 g/mol. The zero-order valence-electron chi connectivity index (χ0n) is 7.63. The van der Waals surface area contributed by atoms with Crippen molar-refractivity contribution in [3.05, 3.63) is 28.7 Å². The van der Waals surface area contributed by atoms with Crippen molar-refractivity contribution in [2.24, 2.45) is 0 Å². The Morgan fingerprint density at radius 2 is 2.00 bits per heavy atom. The monoisotopic (exact) mass is 243 g/mol. The third-order valence-electron chi connectivity index (χ3n) is 1.74. The molecule has 0 bridgehead atoms. The second kappa shape index (κ2) is 5.25. The van der Waals surface area contributed by atoms with Crippen molar-refractivity contribution in [3.8, 4) is 0 Å². The van der Waals surface area contributed by atoms with Gasteiger partial charge in [-0.15, -0.1) is 0 Å². The highest BCUT2D eigenvalue weighted by Gasteiger charge is 1.95. The molecule has 0 aliphatic heterocycles. The Morgan fingerprint density at radius 1 is 1.38 bits per heavy atom. The van der Waals surface area contributed by atoms with Crippen LogP contribution in [0, 0.1) is 0 Å². The van der Waals surface area contributed by atoms with Crippen molar-refractivity contribution in [1.82, 2.24) is 0 Å². The van der Waals surface area contributed by atoms with E-state index >= 15 is 0 Å². The predicted octanol–water partition coefficient (Wildman–Crippen LogP) is 2.63. The SMILES string of the molecule is CC(O)CCNc1ccc(Br)cc1. The van der Waals surface area contributed by atoms with E-state index in [1.807, 2.05) is 24.3 Å². The molecule has 0 heterocycles. The summed E-state index contributed by atoms with van der Waals surface area (Å²) in [6.07, 6.45) is 0.540. The van der Waals surface area contributed by atoms with Crippen molar-refractivity contribution in [1.29, 1.82) is 0 Å². The fraction of sp³-hybridized carbons (Fsp3) is 0.400. The molecular formula is C10H14BrNO. The van der Waals surface area contributed by atoms with Crippen LogP contribution in [-0.4, -0.2) is 17.8 Å². The number of hydrogen-bond donors (Lipinski definition) is 2. The molecule has 1 aromatic rings. The lowest BCUT2D eigenvalue weighted by molar-refractivity contribution is 0.189. The standard InChI is InChI=1S/C10H14BrNO/c1-8(13)6-7-12-10-4-2-9(11)3-5-10/h2-5,8,12-13H,6-7H2,1H3. The van der Waals surface area contributed by atoms with Gasteiger partial charge in [0, 0.05) is 16.7 Å². The van der Waals surface area contributed by atoms with Crippen LogP contribution in [0.5, 0.6) is 0 Å². The first-order chi connectivity index (χ1) is 6.18. The molecule has 0 amide bonds. The summed E-state index contributed by atoms with van der Waals surface area (Å²) in [7, 11) is 0. The molecular weight excluding hydrogens is 230 g/mol. The molecule has 3 heteroatoms. The van der Waals surface area contributed by atoms with E-state index in [0.29, 0.717) is 0 Å². The van der Waals surface area contributed by atoms with Crippen LogP contribution < -0.4 is 5.32 Å². The fourth-order valence-electron chi connectivity index (χ4n) is 0.993. The van der Waals surface area contributed by atoms with Crippen molar-refractivity contribution in [3.63, 3.8) is 0 Å². The minimum Gasteiger partial charge on any atom is -0.393 e. The second-order valence-electron chi connectivity index (χ2n) is 3.07. The summed E-state index contributed by atoms with van der Waals surface area (Å²) in [4.78, 5) is 0. The van der Waals surface area contributed by atoms with Crippen LogP contribution in [-0.2, 0) is 0 Å². The Morgan fingerprint density at radius 3 is 2.54 bits per heavy atom. The molecule has 2 N–H and O–H groups in total. The van der Waals surface area contributed by atoms with Crippen molar-refractivity contribution >= 4 is 21.6 Å². The molecule has 1 unspecified atom stereocenters. The summed E-state index contributed by atoms with van der Waals surface area (Å²) in [5.74, 6) is 0. The Kier molecular flexibility index (Phi) is 4.25. The van der Waals surface area contributed by atoms with Gasteiger partial charge in [0.2, 0.25) is 0 Å². The van der Waals surface area contributed by atoms with Gasteiger partial charge in [-0.25, -0.2) is 0 Å². The first kappa shape index (κ1) is 10.5. The average Bonchev–Trinajstić information content (AvgIpc) is 2.08. The normalized spacial score (nSPS) is 12.5. The van der Waals surface area contributed by atoms with Crippen LogP contribution in [0.2, 0.25) is 0 Å². The van der Waals surface area contributed by atoms with Crippen LogP contribution in [0.4, 0.5) is 5.69 Å². The molecule has 0 aliphatic carbocycles. The maximum atomic E-state index is 9.03. The molecule has 1 rings (SSSR count). The van der Waals surface area contributed by atoms with Crippen molar-refractivity contribution < 1.29 is 5.11 Å². The summed E-state index contributed by atoms with van der Waals surface area (Å²) in [6.45, 7) is 2.60. The lowest BCUT2D eigenvalue weighted by Crippen LogP contribution is -2.09. The van der Waals surface area contributed by atoms with Crippen LogP contribution in [0.25, 0.3) is 0 Å². The molecule has 1 aromatic carbocycles. The molecule has 0 spiro atoms. The maximum absolute atomic E-state index is 9.03. The number of aliphatic hydroxyl groups is 1. The van der Waals surface area contributed by atoms with E-state index in [0.717, 1.165) is 23.1 Å². The minimum absolute atomic E-state index is 0.233. The molecule has 0 saturated heterocycles. The number of aliphatic hydroxyl groups excluding tert-OH is 1. The quantitative estimate of drug-likeness (QED) is 0.853.